The molecule has 1 aliphatic carbocycles. The first-order valence-corrected chi connectivity index (χ1v) is 20.3. The highest BCUT2D eigenvalue weighted by Gasteiger charge is 2.39. The lowest BCUT2D eigenvalue weighted by molar-refractivity contribution is -0.138. The molecule has 0 unspecified atom stereocenters. The summed E-state index contributed by atoms with van der Waals surface area (Å²) in [6.45, 7) is 18.4. The lowest BCUT2D eigenvalue weighted by Gasteiger charge is -2.38. The minimum Gasteiger partial charge on any atom is -0.462 e. The van der Waals surface area contributed by atoms with Crippen molar-refractivity contribution in [2.24, 2.45) is 0 Å². The normalized spacial score (nSPS) is 17.1. The molecule has 0 spiro atoms. The van der Waals surface area contributed by atoms with E-state index in [4.69, 9.17) is 13.0 Å². The van der Waals surface area contributed by atoms with Crippen LogP contribution in [0.25, 0.3) is 0 Å². The van der Waals surface area contributed by atoms with Gasteiger partial charge in [-0.05, 0) is 96.1 Å². The number of rotatable bonds is 11. The van der Waals surface area contributed by atoms with Gasteiger partial charge in [-0.2, -0.15) is 5.26 Å². The highest BCUT2D eigenvalue weighted by atomic mass is 28.5. The van der Waals surface area contributed by atoms with Crippen LogP contribution in [0.2, 0.25) is 51.9 Å². The van der Waals surface area contributed by atoms with Crippen LogP contribution in [0.15, 0.2) is 22.9 Å². The molecule has 0 atom stereocenters. The third kappa shape index (κ3) is 10.2. The summed E-state index contributed by atoms with van der Waals surface area (Å²) in [5.41, 5.74) is 1.98. The fourth-order valence-corrected chi connectivity index (χ4v) is 16.2. The van der Waals surface area contributed by atoms with Crippen molar-refractivity contribution in [3.63, 3.8) is 0 Å². The van der Waals surface area contributed by atoms with Gasteiger partial charge in [0.15, 0.2) is 16.6 Å². The van der Waals surface area contributed by atoms with E-state index < -0.39 is 31.2 Å². The highest BCUT2D eigenvalue weighted by molar-refractivity contribution is 6.87. The summed E-state index contributed by atoms with van der Waals surface area (Å²) in [6.07, 6.45) is 5.50. The lowest BCUT2D eigenvalue weighted by Crippen LogP contribution is -2.52. The van der Waals surface area contributed by atoms with Gasteiger partial charge < -0.3 is 18.3 Å². The Morgan fingerprint density at radius 3 is 2.20 bits per heavy atom. The van der Waals surface area contributed by atoms with Crippen LogP contribution in [0.1, 0.15) is 32.6 Å². The number of ether oxygens (including phenoxy) is 1. The van der Waals surface area contributed by atoms with Gasteiger partial charge >= 0.3 is 14.5 Å². The number of hydrogen-bond acceptors (Lipinski definition) is 6. The molecule has 0 bridgehead atoms. The average Bonchev–Trinajstić information content (AvgIpc) is 2.57. The Morgan fingerprint density at radius 2 is 1.70 bits per heavy atom. The first kappa shape index (κ1) is 26.8. The SMILES string of the molecule is CCOC(=O)/C(C#N)=C1\C=C(NCCC[Si](C)(O[Si](C)(C)C)O[Si](C)(C)C)CCC1. The van der Waals surface area contributed by atoms with Gasteiger partial charge in [-0.25, -0.2) is 4.79 Å². The molecule has 0 saturated heterocycles. The number of hydrogen-bond donors (Lipinski definition) is 1. The first-order valence-electron chi connectivity index (χ1n) is 10.9. The van der Waals surface area contributed by atoms with Crippen molar-refractivity contribution in [3.05, 3.63) is 22.9 Å². The Hall–Kier alpha value is -1.19. The Labute approximate surface area is 186 Å². The summed E-state index contributed by atoms with van der Waals surface area (Å²) in [4.78, 5) is 12.0. The number of carbonyl (C=O) groups excluding carboxylic acids is 1. The summed E-state index contributed by atoms with van der Waals surface area (Å²) in [6, 6.07) is 2.98. The molecule has 0 aromatic heterocycles. The topological polar surface area (TPSA) is 80.6 Å². The minimum atomic E-state index is -2.22. The maximum absolute atomic E-state index is 12.0. The van der Waals surface area contributed by atoms with Crippen LogP contribution in [-0.4, -0.2) is 44.3 Å². The smallest absolute Gasteiger partial charge is 0.349 e. The summed E-state index contributed by atoms with van der Waals surface area (Å²) in [5, 5.41) is 12.9. The van der Waals surface area contributed by atoms with Gasteiger partial charge in [0.05, 0.1) is 6.61 Å². The number of nitrogens with one attached hydrogen (secondary N) is 1. The van der Waals surface area contributed by atoms with Crippen LogP contribution in [-0.2, 0) is 17.8 Å². The summed E-state index contributed by atoms with van der Waals surface area (Å²) < 4.78 is 18.1. The Kier molecular flexibility index (Phi) is 10.2. The predicted octanol–water partition coefficient (Wildman–Crippen LogP) is 5.19. The molecule has 0 radical (unpaired) electrons. The van der Waals surface area contributed by atoms with Gasteiger partial charge in [0, 0.05) is 12.2 Å². The molecular formula is C21H40N2O4Si3. The van der Waals surface area contributed by atoms with Crippen LogP contribution in [0.3, 0.4) is 0 Å². The van der Waals surface area contributed by atoms with Gasteiger partial charge in [-0.3, -0.25) is 0 Å². The molecule has 0 aromatic carbocycles. The first-order chi connectivity index (χ1) is 13.8. The largest absolute Gasteiger partial charge is 0.462 e. The van der Waals surface area contributed by atoms with E-state index in [1.807, 2.05) is 12.1 Å². The van der Waals surface area contributed by atoms with E-state index in [1.54, 1.807) is 6.92 Å². The molecule has 1 aliphatic rings. The number of nitrogens with zero attached hydrogens (tertiary/aromatic N) is 1. The maximum atomic E-state index is 12.0. The fraction of sp³-hybridized carbons (Fsp3) is 0.714. The van der Waals surface area contributed by atoms with Crippen LogP contribution in [0, 0.1) is 11.3 Å². The highest BCUT2D eigenvalue weighted by Crippen LogP contribution is 2.26. The third-order valence-electron chi connectivity index (χ3n) is 4.36. The quantitative estimate of drug-likeness (QED) is 0.148. The molecular weight excluding hydrogens is 428 g/mol. The average molecular weight is 469 g/mol. The number of carbonyl (C=O) groups is 1. The van der Waals surface area contributed by atoms with Crippen molar-refractivity contribution < 1.29 is 17.8 Å². The van der Waals surface area contributed by atoms with E-state index in [1.165, 1.54) is 0 Å². The molecule has 30 heavy (non-hydrogen) atoms. The number of nitriles is 1. The molecule has 6 nitrogen and oxygen atoms in total. The zero-order valence-electron chi connectivity index (χ0n) is 20.1. The van der Waals surface area contributed by atoms with Crippen LogP contribution in [0.5, 0.6) is 0 Å². The van der Waals surface area contributed by atoms with Crippen molar-refractivity contribution >= 4 is 31.2 Å². The van der Waals surface area contributed by atoms with Crippen LogP contribution >= 0.6 is 0 Å². The zero-order chi connectivity index (χ0) is 23.0. The van der Waals surface area contributed by atoms with Gasteiger partial charge in [0.2, 0.25) is 0 Å². The van der Waals surface area contributed by atoms with Crippen molar-refractivity contribution in [3.8, 4) is 6.07 Å². The number of esters is 1. The summed E-state index contributed by atoms with van der Waals surface area (Å²) in [7, 11) is -5.58. The van der Waals surface area contributed by atoms with E-state index in [2.05, 4.69) is 51.1 Å². The van der Waals surface area contributed by atoms with Crippen molar-refractivity contribution in [2.75, 3.05) is 13.2 Å². The molecule has 0 fully saturated rings. The molecule has 0 heterocycles. The summed E-state index contributed by atoms with van der Waals surface area (Å²) >= 11 is 0. The fourth-order valence-electron chi connectivity index (χ4n) is 3.69. The molecule has 0 aromatic rings. The molecule has 1 rings (SSSR count). The van der Waals surface area contributed by atoms with E-state index in [0.29, 0.717) is 0 Å². The van der Waals surface area contributed by atoms with Crippen LogP contribution in [0.4, 0.5) is 0 Å². The molecule has 170 valence electrons. The van der Waals surface area contributed by atoms with Gasteiger partial charge in [-0.1, -0.05) is 0 Å². The van der Waals surface area contributed by atoms with Crippen LogP contribution < -0.4 is 5.32 Å². The predicted molar refractivity (Wildman–Crippen MR) is 129 cm³/mol. The van der Waals surface area contributed by atoms with E-state index >= 15 is 0 Å². The molecule has 0 aliphatic heterocycles. The lowest BCUT2D eigenvalue weighted by atomic mass is 9.95. The Morgan fingerprint density at radius 1 is 1.10 bits per heavy atom. The van der Waals surface area contributed by atoms with E-state index in [-0.39, 0.29) is 12.2 Å². The van der Waals surface area contributed by atoms with E-state index in [0.717, 1.165) is 49.5 Å². The minimum absolute atomic E-state index is 0.128. The Balaban J connectivity index is 2.75. The molecule has 0 amide bonds. The maximum Gasteiger partial charge on any atom is 0.349 e. The monoisotopic (exact) mass is 468 g/mol. The van der Waals surface area contributed by atoms with Crippen molar-refractivity contribution in [1.29, 1.82) is 5.26 Å². The summed E-state index contributed by atoms with van der Waals surface area (Å²) in [5.74, 6) is -0.527. The van der Waals surface area contributed by atoms with E-state index in [9.17, 15) is 10.1 Å². The number of allylic oxidation sites excluding steroid dienone is 3. The second-order valence-electron chi connectivity index (χ2n) is 9.85. The third-order valence-corrected chi connectivity index (χ3v) is 14.0. The van der Waals surface area contributed by atoms with Gasteiger partial charge in [-0.15, -0.1) is 0 Å². The Bertz CT molecular complexity index is 685. The standard InChI is InChI=1S/C21H40N2O4Si3/c1-9-25-21(24)20(17-22)18-12-10-13-19(16-18)23-14-11-15-30(8,26-28(2,3)4)27-29(5,6)7/h16,23H,9-15H2,1-8H3/b20-18-. The van der Waals surface area contributed by atoms with Crippen molar-refractivity contribution in [2.45, 2.75) is 84.5 Å². The van der Waals surface area contributed by atoms with Crippen molar-refractivity contribution in [1.82, 2.24) is 5.32 Å². The molecule has 0 saturated carbocycles. The second kappa shape index (κ2) is 11.4. The molecule has 1 N–H and O–H groups in total. The molecule has 9 heteroatoms. The van der Waals surface area contributed by atoms with Gasteiger partial charge in [0.1, 0.15) is 11.6 Å². The second-order valence-corrected chi connectivity index (χ2v) is 22.7. The van der Waals surface area contributed by atoms with Gasteiger partial charge in [0.25, 0.3) is 0 Å². The zero-order valence-corrected chi connectivity index (χ0v) is 23.1.